The first-order valence-electron chi connectivity index (χ1n) is 7.01. The van der Waals surface area contributed by atoms with E-state index in [1.165, 1.54) is 12.8 Å². The van der Waals surface area contributed by atoms with Crippen LogP contribution < -0.4 is 5.73 Å². The number of nitrogens with zero attached hydrogens (tertiary/aromatic N) is 1. The van der Waals surface area contributed by atoms with Gasteiger partial charge in [-0.2, -0.15) is 0 Å². The predicted octanol–water partition coefficient (Wildman–Crippen LogP) is 2.01. The number of hydrogen-bond acceptors (Lipinski definition) is 2. The number of carbonyl (C=O) groups is 1. The second-order valence-electron chi connectivity index (χ2n) is 6.36. The Kier molecular flexibility index (Phi) is 3.48. The van der Waals surface area contributed by atoms with Crippen molar-refractivity contribution < 1.29 is 4.79 Å². The Bertz CT molecular complexity index is 301. The molecular formula is C14H26N2O. The molecule has 0 aromatic heterocycles. The third-order valence-corrected chi connectivity index (χ3v) is 4.76. The van der Waals surface area contributed by atoms with Crippen LogP contribution in [0.3, 0.4) is 0 Å². The monoisotopic (exact) mass is 238 g/mol. The lowest BCUT2D eigenvalue weighted by Gasteiger charge is -2.32. The van der Waals surface area contributed by atoms with Crippen molar-refractivity contribution in [3.8, 4) is 0 Å². The molecule has 0 bridgehead atoms. The van der Waals surface area contributed by atoms with E-state index in [1.807, 2.05) is 0 Å². The van der Waals surface area contributed by atoms with Crippen molar-refractivity contribution in [3.63, 3.8) is 0 Å². The van der Waals surface area contributed by atoms with E-state index in [1.54, 1.807) is 0 Å². The molecule has 2 N–H and O–H groups in total. The van der Waals surface area contributed by atoms with E-state index in [0.29, 0.717) is 17.9 Å². The summed E-state index contributed by atoms with van der Waals surface area (Å²) in [5.74, 6) is 1.17. The molecule has 2 rings (SSSR count). The summed E-state index contributed by atoms with van der Waals surface area (Å²) in [5.41, 5.74) is 6.06. The molecule has 3 unspecified atom stereocenters. The Labute approximate surface area is 105 Å². The van der Waals surface area contributed by atoms with Gasteiger partial charge in [-0.1, -0.05) is 20.3 Å². The van der Waals surface area contributed by atoms with Crippen molar-refractivity contribution >= 4 is 5.91 Å². The number of amides is 1. The van der Waals surface area contributed by atoms with E-state index >= 15 is 0 Å². The van der Waals surface area contributed by atoms with Gasteiger partial charge in [0.15, 0.2) is 0 Å². The average Bonchev–Trinajstić information content (AvgIpc) is 2.75. The van der Waals surface area contributed by atoms with Gasteiger partial charge in [-0.25, -0.2) is 0 Å². The van der Waals surface area contributed by atoms with E-state index < -0.39 is 0 Å². The highest BCUT2D eigenvalue weighted by molar-refractivity contribution is 5.82. The summed E-state index contributed by atoms with van der Waals surface area (Å²) in [6, 6.07) is 0.411. The molecule has 0 radical (unpaired) electrons. The Hall–Kier alpha value is -0.570. The fourth-order valence-electron chi connectivity index (χ4n) is 3.35. The molecule has 17 heavy (non-hydrogen) atoms. The normalized spacial score (nSPS) is 34.7. The van der Waals surface area contributed by atoms with Crippen LogP contribution in [0, 0.1) is 17.3 Å². The van der Waals surface area contributed by atoms with E-state index in [-0.39, 0.29) is 11.3 Å². The van der Waals surface area contributed by atoms with Crippen LogP contribution in [-0.4, -0.2) is 29.9 Å². The smallest absolute Gasteiger partial charge is 0.226 e. The predicted molar refractivity (Wildman–Crippen MR) is 69.5 cm³/mol. The van der Waals surface area contributed by atoms with Gasteiger partial charge in [0, 0.05) is 18.5 Å². The average molecular weight is 238 g/mol. The molecule has 2 aliphatic carbocycles. The van der Waals surface area contributed by atoms with E-state index in [9.17, 15) is 4.79 Å². The molecule has 1 amide bonds. The number of rotatable bonds is 4. The van der Waals surface area contributed by atoms with Gasteiger partial charge in [-0.15, -0.1) is 0 Å². The first-order valence-corrected chi connectivity index (χ1v) is 7.01. The Morgan fingerprint density at radius 2 is 2.06 bits per heavy atom. The molecule has 0 aromatic rings. The molecule has 0 spiro atoms. The maximum atomic E-state index is 12.5. The quantitative estimate of drug-likeness (QED) is 0.814. The van der Waals surface area contributed by atoms with Crippen LogP contribution in [-0.2, 0) is 4.79 Å². The summed E-state index contributed by atoms with van der Waals surface area (Å²) in [5, 5.41) is 0. The summed E-state index contributed by atoms with van der Waals surface area (Å²) in [4.78, 5) is 14.6. The van der Waals surface area contributed by atoms with Gasteiger partial charge in [0.25, 0.3) is 0 Å². The highest BCUT2D eigenvalue weighted by atomic mass is 16.2. The lowest BCUT2D eigenvalue weighted by molar-refractivity contribution is -0.136. The van der Waals surface area contributed by atoms with Crippen LogP contribution in [0.5, 0.6) is 0 Å². The minimum atomic E-state index is 0.237. The molecule has 3 nitrogen and oxygen atoms in total. The summed E-state index contributed by atoms with van der Waals surface area (Å²) >= 11 is 0. The first-order chi connectivity index (χ1) is 8.01. The third kappa shape index (κ3) is 2.35. The maximum absolute atomic E-state index is 12.5. The largest absolute Gasteiger partial charge is 0.339 e. The highest BCUT2D eigenvalue weighted by Gasteiger charge is 2.53. The van der Waals surface area contributed by atoms with E-state index in [4.69, 9.17) is 5.73 Å². The van der Waals surface area contributed by atoms with Crippen molar-refractivity contribution in [2.24, 2.45) is 23.0 Å². The maximum Gasteiger partial charge on any atom is 0.226 e. The van der Waals surface area contributed by atoms with Gasteiger partial charge in [-0.3, -0.25) is 4.79 Å². The van der Waals surface area contributed by atoms with Gasteiger partial charge in [0.1, 0.15) is 0 Å². The molecule has 0 aliphatic heterocycles. The fourth-order valence-corrected chi connectivity index (χ4v) is 3.35. The zero-order valence-corrected chi connectivity index (χ0v) is 11.4. The summed E-state index contributed by atoms with van der Waals surface area (Å²) in [6.45, 7) is 8.05. The van der Waals surface area contributed by atoms with Crippen LogP contribution >= 0.6 is 0 Å². The zero-order chi connectivity index (χ0) is 12.6. The van der Waals surface area contributed by atoms with Gasteiger partial charge in [0.2, 0.25) is 5.91 Å². The summed E-state index contributed by atoms with van der Waals surface area (Å²) < 4.78 is 0. The van der Waals surface area contributed by atoms with Crippen LogP contribution in [0.1, 0.15) is 46.5 Å². The molecule has 3 heteroatoms. The molecular weight excluding hydrogens is 212 g/mol. The Morgan fingerprint density at radius 3 is 2.53 bits per heavy atom. The van der Waals surface area contributed by atoms with Gasteiger partial charge in [0.05, 0.1) is 0 Å². The van der Waals surface area contributed by atoms with Crippen molar-refractivity contribution in [1.29, 1.82) is 0 Å². The van der Waals surface area contributed by atoms with Crippen molar-refractivity contribution in [2.45, 2.75) is 52.5 Å². The molecule has 2 saturated carbocycles. The molecule has 0 heterocycles. The lowest BCUT2D eigenvalue weighted by atomic mass is 10.0. The molecule has 98 valence electrons. The van der Waals surface area contributed by atoms with Gasteiger partial charge < -0.3 is 10.6 Å². The van der Waals surface area contributed by atoms with E-state index in [2.05, 4.69) is 25.7 Å². The zero-order valence-electron chi connectivity index (χ0n) is 11.4. The van der Waals surface area contributed by atoms with Gasteiger partial charge >= 0.3 is 0 Å². The van der Waals surface area contributed by atoms with Crippen molar-refractivity contribution in [1.82, 2.24) is 4.90 Å². The fraction of sp³-hybridized carbons (Fsp3) is 0.929. The van der Waals surface area contributed by atoms with Crippen LogP contribution in [0.4, 0.5) is 0 Å². The topological polar surface area (TPSA) is 46.3 Å². The number of nitrogens with two attached hydrogens (primary N) is 1. The van der Waals surface area contributed by atoms with Crippen LogP contribution in [0.15, 0.2) is 0 Å². The molecule has 3 atom stereocenters. The minimum Gasteiger partial charge on any atom is -0.339 e. The lowest BCUT2D eigenvalue weighted by Crippen LogP contribution is -2.45. The Morgan fingerprint density at radius 1 is 1.41 bits per heavy atom. The summed E-state index contributed by atoms with van der Waals surface area (Å²) in [7, 11) is 0. The molecule has 2 fully saturated rings. The van der Waals surface area contributed by atoms with Crippen molar-refractivity contribution in [3.05, 3.63) is 0 Å². The first kappa shape index (κ1) is 12.9. The second-order valence-corrected chi connectivity index (χ2v) is 6.36. The summed E-state index contributed by atoms with van der Waals surface area (Å²) in [6.07, 6.45) is 4.63. The number of hydrogen-bond donors (Lipinski definition) is 1. The molecule has 0 saturated heterocycles. The molecule has 0 aromatic carbocycles. The highest BCUT2D eigenvalue weighted by Crippen LogP contribution is 2.53. The minimum absolute atomic E-state index is 0.237. The SMILES string of the molecule is CCN(C(=O)C1CC1(C)C)C1CCCC1CN. The van der Waals surface area contributed by atoms with Crippen LogP contribution in [0.25, 0.3) is 0 Å². The van der Waals surface area contributed by atoms with Gasteiger partial charge in [-0.05, 0) is 44.1 Å². The van der Waals surface area contributed by atoms with Crippen molar-refractivity contribution in [2.75, 3.05) is 13.1 Å². The Balaban J connectivity index is 2.03. The second kappa shape index (κ2) is 4.60. The number of carbonyl (C=O) groups excluding carboxylic acids is 1. The standard InChI is InChI=1S/C14H26N2O/c1-4-16(12-7-5-6-10(12)9-15)13(17)11-8-14(11,2)3/h10-12H,4-9,15H2,1-3H3. The third-order valence-electron chi connectivity index (χ3n) is 4.76. The van der Waals surface area contributed by atoms with Crippen LogP contribution in [0.2, 0.25) is 0 Å². The molecule has 2 aliphatic rings. The van der Waals surface area contributed by atoms with E-state index in [0.717, 1.165) is 25.9 Å².